The molecule has 0 fully saturated rings. The number of aliphatic hydroxyl groups is 1. The highest BCUT2D eigenvalue weighted by Crippen LogP contribution is 2.28. The number of rotatable bonds is 3. The van der Waals surface area contributed by atoms with Crippen molar-refractivity contribution in [3.05, 3.63) is 34.9 Å². The van der Waals surface area contributed by atoms with Gasteiger partial charge in [-0.15, -0.1) is 0 Å². The maximum Gasteiger partial charge on any atom is 0.337 e. The minimum atomic E-state index is -1.61. The van der Waals surface area contributed by atoms with Crippen molar-refractivity contribution in [2.24, 2.45) is 0 Å². The summed E-state index contributed by atoms with van der Waals surface area (Å²) in [4.78, 5) is 10.7. The van der Waals surface area contributed by atoms with Crippen molar-refractivity contribution in [1.29, 1.82) is 0 Å². The van der Waals surface area contributed by atoms with Crippen LogP contribution in [0.2, 0.25) is 0 Å². The Morgan fingerprint density at radius 3 is 2.44 bits per heavy atom. The molecule has 2 N–H and O–H groups in total. The number of carbonyl (C=O) groups is 1. The second-order valence-corrected chi connectivity index (χ2v) is 4.28. The van der Waals surface area contributed by atoms with Crippen LogP contribution in [0.25, 0.3) is 0 Å². The van der Waals surface area contributed by atoms with Crippen molar-refractivity contribution in [2.75, 3.05) is 0 Å². The lowest BCUT2D eigenvalue weighted by molar-refractivity contribution is -0.147. The zero-order valence-corrected chi connectivity index (χ0v) is 9.49. The normalized spacial score (nSPS) is 13.6. The summed E-state index contributed by atoms with van der Waals surface area (Å²) in [6.45, 7) is 4.44. The van der Waals surface area contributed by atoms with Crippen LogP contribution in [0.1, 0.15) is 36.6 Å². The van der Waals surface area contributed by atoms with Gasteiger partial charge in [0.1, 0.15) is 5.67 Å². The number of benzene rings is 1. The van der Waals surface area contributed by atoms with E-state index in [1.165, 1.54) is 19.9 Å². The number of aliphatic hydroxyl groups excluding tert-OH is 1. The second kappa shape index (κ2) is 4.22. The zero-order valence-electron chi connectivity index (χ0n) is 9.49. The molecule has 1 aromatic rings. The van der Waals surface area contributed by atoms with Crippen molar-refractivity contribution in [3.63, 3.8) is 0 Å². The molecule has 0 heterocycles. The standard InChI is InChI=1S/C12H15FO3/c1-7-4-5-8(12(2,3)13)6-9(7)10(14)11(15)16/h4-6,10,14H,1-3H3,(H,15,16). The first-order chi connectivity index (χ1) is 7.23. The lowest BCUT2D eigenvalue weighted by atomic mass is 9.93. The number of aliphatic carboxylic acids is 1. The first kappa shape index (κ1) is 12.6. The molecule has 0 bridgehead atoms. The van der Waals surface area contributed by atoms with E-state index in [1.807, 2.05) is 0 Å². The van der Waals surface area contributed by atoms with Crippen LogP contribution in [0.15, 0.2) is 18.2 Å². The minimum Gasteiger partial charge on any atom is -0.479 e. The molecule has 88 valence electrons. The zero-order chi connectivity index (χ0) is 12.5. The number of hydrogen-bond donors (Lipinski definition) is 2. The van der Waals surface area contributed by atoms with Gasteiger partial charge in [-0.2, -0.15) is 0 Å². The lowest BCUT2D eigenvalue weighted by Crippen LogP contribution is -2.15. The molecule has 1 atom stereocenters. The molecule has 0 aliphatic rings. The summed E-state index contributed by atoms with van der Waals surface area (Å²) in [6.07, 6.45) is -1.61. The average molecular weight is 226 g/mol. The molecule has 1 rings (SSSR count). The van der Waals surface area contributed by atoms with Gasteiger partial charge in [-0.05, 0) is 43.5 Å². The van der Waals surface area contributed by atoms with Crippen molar-refractivity contribution < 1.29 is 19.4 Å². The largest absolute Gasteiger partial charge is 0.479 e. The third kappa shape index (κ3) is 2.58. The summed E-state index contributed by atoms with van der Waals surface area (Å²) in [5, 5.41) is 18.2. The molecule has 4 heteroatoms. The van der Waals surface area contributed by atoms with Gasteiger partial charge in [-0.1, -0.05) is 12.1 Å². The SMILES string of the molecule is Cc1ccc(C(C)(C)F)cc1C(O)C(=O)O. The minimum absolute atomic E-state index is 0.232. The van der Waals surface area contributed by atoms with Gasteiger partial charge in [0.05, 0.1) is 0 Å². The van der Waals surface area contributed by atoms with E-state index in [0.29, 0.717) is 11.1 Å². The van der Waals surface area contributed by atoms with Crippen LogP contribution in [0.3, 0.4) is 0 Å². The van der Waals surface area contributed by atoms with Gasteiger partial charge in [0.15, 0.2) is 6.10 Å². The van der Waals surface area contributed by atoms with Crippen LogP contribution in [0, 0.1) is 6.92 Å². The van der Waals surface area contributed by atoms with Crippen molar-refractivity contribution >= 4 is 5.97 Å². The predicted octanol–water partition coefficient (Wildman–Crippen LogP) is 2.32. The fraction of sp³-hybridized carbons (Fsp3) is 0.417. The molecule has 0 saturated heterocycles. The van der Waals surface area contributed by atoms with Gasteiger partial charge < -0.3 is 10.2 Å². The quantitative estimate of drug-likeness (QED) is 0.831. The maximum absolute atomic E-state index is 13.7. The molecule has 0 aromatic heterocycles. The number of hydrogen-bond acceptors (Lipinski definition) is 2. The van der Waals surface area contributed by atoms with Crippen LogP contribution >= 0.6 is 0 Å². The monoisotopic (exact) mass is 226 g/mol. The van der Waals surface area contributed by atoms with Crippen LogP contribution in [0.4, 0.5) is 4.39 Å². The number of aryl methyl sites for hydroxylation is 1. The van der Waals surface area contributed by atoms with E-state index in [1.54, 1.807) is 19.1 Å². The van der Waals surface area contributed by atoms with E-state index >= 15 is 0 Å². The van der Waals surface area contributed by atoms with Gasteiger partial charge in [-0.25, -0.2) is 9.18 Å². The van der Waals surface area contributed by atoms with Gasteiger partial charge in [-0.3, -0.25) is 0 Å². The van der Waals surface area contributed by atoms with Crippen LogP contribution in [-0.2, 0) is 10.5 Å². The Labute approximate surface area is 93.5 Å². The van der Waals surface area contributed by atoms with E-state index < -0.39 is 17.7 Å². The molecule has 0 amide bonds. The van der Waals surface area contributed by atoms with E-state index in [2.05, 4.69) is 0 Å². The average Bonchev–Trinajstić information content (AvgIpc) is 2.15. The molecule has 0 spiro atoms. The van der Waals surface area contributed by atoms with Gasteiger partial charge in [0.2, 0.25) is 0 Å². The van der Waals surface area contributed by atoms with Gasteiger partial charge >= 0.3 is 5.97 Å². The Kier molecular flexibility index (Phi) is 3.33. The summed E-state index contributed by atoms with van der Waals surface area (Å²) in [6, 6.07) is 4.60. The molecular weight excluding hydrogens is 211 g/mol. The second-order valence-electron chi connectivity index (χ2n) is 4.28. The predicted molar refractivity (Wildman–Crippen MR) is 57.9 cm³/mol. The molecule has 0 aliphatic heterocycles. The smallest absolute Gasteiger partial charge is 0.337 e. The Morgan fingerprint density at radius 1 is 1.44 bits per heavy atom. The topological polar surface area (TPSA) is 57.5 Å². The fourth-order valence-electron chi connectivity index (χ4n) is 1.44. The Morgan fingerprint density at radius 2 is 2.00 bits per heavy atom. The van der Waals surface area contributed by atoms with Gasteiger partial charge in [0, 0.05) is 0 Å². The summed E-state index contributed by atoms with van der Waals surface area (Å²) < 4.78 is 13.7. The third-order valence-electron chi connectivity index (χ3n) is 2.49. The summed E-state index contributed by atoms with van der Waals surface area (Å²) in [5.74, 6) is -1.34. The highest BCUT2D eigenvalue weighted by atomic mass is 19.1. The molecule has 16 heavy (non-hydrogen) atoms. The van der Waals surface area contributed by atoms with E-state index in [9.17, 15) is 14.3 Å². The van der Waals surface area contributed by atoms with E-state index in [-0.39, 0.29) is 5.56 Å². The Balaban J connectivity index is 3.24. The maximum atomic E-state index is 13.7. The summed E-state index contributed by atoms with van der Waals surface area (Å²) >= 11 is 0. The number of carboxylic acids is 1. The molecule has 1 unspecified atom stereocenters. The van der Waals surface area contributed by atoms with Crippen molar-refractivity contribution in [3.8, 4) is 0 Å². The molecule has 3 nitrogen and oxygen atoms in total. The lowest BCUT2D eigenvalue weighted by Gasteiger charge is -2.18. The number of halogens is 1. The molecule has 0 saturated carbocycles. The van der Waals surface area contributed by atoms with Crippen LogP contribution in [0.5, 0.6) is 0 Å². The number of alkyl halides is 1. The van der Waals surface area contributed by atoms with E-state index in [0.717, 1.165) is 0 Å². The Bertz CT molecular complexity index is 407. The Hall–Kier alpha value is -1.42. The highest BCUT2D eigenvalue weighted by molar-refractivity contribution is 5.74. The summed E-state index contributed by atoms with van der Waals surface area (Å²) in [5.41, 5.74) is -0.340. The first-order valence-electron chi connectivity index (χ1n) is 4.94. The number of carboxylic acid groups (broad SMARTS) is 1. The molecular formula is C12H15FO3. The van der Waals surface area contributed by atoms with E-state index in [4.69, 9.17) is 5.11 Å². The fourth-order valence-corrected chi connectivity index (χ4v) is 1.44. The van der Waals surface area contributed by atoms with Crippen LogP contribution < -0.4 is 0 Å². The van der Waals surface area contributed by atoms with Crippen molar-refractivity contribution in [2.45, 2.75) is 32.5 Å². The third-order valence-corrected chi connectivity index (χ3v) is 2.49. The van der Waals surface area contributed by atoms with Crippen LogP contribution in [-0.4, -0.2) is 16.2 Å². The molecule has 1 aromatic carbocycles. The van der Waals surface area contributed by atoms with Gasteiger partial charge in [0.25, 0.3) is 0 Å². The molecule has 0 aliphatic carbocycles. The first-order valence-corrected chi connectivity index (χ1v) is 4.94. The summed E-state index contributed by atoms with van der Waals surface area (Å²) in [7, 11) is 0. The highest BCUT2D eigenvalue weighted by Gasteiger charge is 2.23. The molecule has 0 radical (unpaired) electrons. The van der Waals surface area contributed by atoms with Crippen molar-refractivity contribution in [1.82, 2.24) is 0 Å².